The number of aromatic nitrogens is 2. The molecule has 0 bridgehead atoms. The van der Waals surface area contributed by atoms with Gasteiger partial charge in [-0.2, -0.15) is 18.3 Å². The molecule has 0 aliphatic heterocycles. The van der Waals surface area contributed by atoms with Crippen LogP contribution in [-0.2, 0) is 19.1 Å². The molecule has 1 aromatic rings. The molecule has 2 aliphatic rings. The third-order valence-corrected chi connectivity index (χ3v) is 4.71. The van der Waals surface area contributed by atoms with Crippen molar-refractivity contribution in [3.8, 4) is 0 Å². The van der Waals surface area contributed by atoms with E-state index in [1.165, 1.54) is 0 Å². The Labute approximate surface area is 132 Å². The summed E-state index contributed by atoms with van der Waals surface area (Å²) in [5.74, 6) is -6.85. The van der Waals surface area contributed by atoms with Gasteiger partial charge in [0.1, 0.15) is 6.10 Å². The fraction of sp³-hybridized carbons (Fsp3) is 0.786. The Morgan fingerprint density at radius 1 is 1.12 bits per heavy atom. The lowest BCUT2D eigenvalue weighted by molar-refractivity contribution is -0.146. The highest BCUT2D eigenvalue weighted by molar-refractivity contribution is 5.38. The second-order valence-electron chi connectivity index (χ2n) is 6.53. The molecule has 1 aromatic heterocycles. The molecule has 0 aromatic carbocycles. The molecule has 3 rings (SSSR count). The molecule has 136 valence electrons. The largest absolute Gasteiger partial charge is 0.435 e. The van der Waals surface area contributed by atoms with Crippen LogP contribution in [0.4, 0.5) is 30.7 Å². The predicted molar refractivity (Wildman–Crippen MR) is 67.7 cm³/mol. The number of fused-ring (bicyclic) bond motifs is 1. The van der Waals surface area contributed by atoms with Gasteiger partial charge >= 0.3 is 6.18 Å². The van der Waals surface area contributed by atoms with Crippen LogP contribution in [0.2, 0.25) is 0 Å². The number of hydrogen-bond donors (Lipinski definition) is 1. The van der Waals surface area contributed by atoms with E-state index < -0.39 is 41.8 Å². The average Bonchev–Trinajstić information content (AvgIpc) is 2.88. The van der Waals surface area contributed by atoms with E-state index in [-0.39, 0.29) is 43.8 Å². The van der Waals surface area contributed by atoms with E-state index in [9.17, 15) is 35.8 Å². The van der Waals surface area contributed by atoms with Gasteiger partial charge in [0.05, 0.1) is 12.1 Å². The Hall–Kier alpha value is -1.32. The number of aliphatic hydroxyl groups excluding tert-OH is 1. The van der Waals surface area contributed by atoms with E-state index >= 15 is 0 Å². The predicted octanol–water partition coefficient (Wildman–Crippen LogP) is 3.95. The standard InChI is InChI=1S/C14H15F7N2O/c15-12(16)3-1-7(2-4-12)6-23-8-5-13(17,18)11(24)9(8)10(22-23)14(19,20)21/h7,11,24H,1-6H2. The first-order chi connectivity index (χ1) is 10.9. The van der Waals surface area contributed by atoms with Crippen LogP contribution < -0.4 is 0 Å². The van der Waals surface area contributed by atoms with Crippen molar-refractivity contribution in [3.05, 3.63) is 17.0 Å². The Kier molecular flexibility index (Phi) is 3.89. The van der Waals surface area contributed by atoms with Crippen molar-refractivity contribution >= 4 is 0 Å². The van der Waals surface area contributed by atoms with Crippen molar-refractivity contribution in [2.45, 2.75) is 62.8 Å². The Morgan fingerprint density at radius 3 is 2.25 bits per heavy atom. The molecule has 0 spiro atoms. The van der Waals surface area contributed by atoms with Crippen LogP contribution in [0.1, 0.15) is 48.7 Å². The van der Waals surface area contributed by atoms with Crippen molar-refractivity contribution in [2.75, 3.05) is 0 Å². The van der Waals surface area contributed by atoms with Crippen LogP contribution in [0, 0.1) is 5.92 Å². The molecule has 0 saturated heterocycles. The second-order valence-corrected chi connectivity index (χ2v) is 6.53. The molecule has 24 heavy (non-hydrogen) atoms. The van der Waals surface area contributed by atoms with Crippen LogP contribution in [0.3, 0.4) is 0 Å². The zero-order chi connectivity index (χ0) is 17.9. The fourth-order valence-corrected chi connectivity index (χ4v) is 3.40. The van der Waals surface area contributed by atoms with Gasteiger partial charge in [-0.05, 0) is 18.8 Å². The van der Waals surface area contributed by atoms with E-state index in [2.05, 4.69) is 5.10 Å². The van der Waals surface area contributed by atoms with Crippen molar-refractivity contribution in [2.24, 2.45) is 5.92 Å². The van der Waals surface area contributed by atoms with Gasteiger partial charge in [0.25, 0.3) is 5.92 Å². The lowest BCUT2D eigenvalue weighted by atomic mass is 9.87. The molecular formula is C14H15F7N2O. The lowest BCUT2D eigenvalue weighted by Crippen LogP contribution is -2.28. The number of hydrogen-bond acceptors (Lipinski definition) is 2. The minimum absolute atomic E-state index is 0.0852. The zero-order valence-corrected chi connectivity index (χ0v) is 12.4. The van der Waals surface area contributed by atoms with Gasteiger partial charge in [0, 0.05) is 24.9 Å². The van der Waals surface area contributed by atoms with Crippen molar-refractivity contribution < 1.29 is 35.8 Å². The minimum Gasteiger partial charge on any atom is -0.382 e. The van der Waals surface area contributed by atoms with Gasteiger partial charge in [0.15, 0.2) is 5.69 Å². The third-order valence-electron chi connectivity index (χ3n) is 4.71. The first-order valence-corrected chi connectivity index (χ1v) is 7.51. The molecule has 1 heterocycles. The molecule has 0 amide bonds. The van der Waals surface area contributed by atoms with Gasteiger partial charge in [-0.15, -0.1) is 0 Å². The first-order valence-electron chi connectivity index (χ1n) is 7.51. The molecule has 1 fully saturated rings. The molecule has 0 radical (unpaired) electrons. The zero-order valence-electron chi connectivity index (χ0n) is 12.4. The number of rotatable bonds is 2. The van der Waals surface area contributed by atoms with Gasteiger partial charge < -0.3 is 5.11 Å². The summed E-state index contributed by atoms with van der Waals surface area (Å²) in [6.45, 7) is -0.142. The molecule has 10 heteroatoms. The Balaban J connectivity index is 1.89. The number of alkyl halides is 7. The SMILES string of the molecule is OC1c2c(C(F)(F)F)nn(CC3CCC(F)(F)CC3)c2CC1(F)F. The minimum atomic E-state index is -4.98. The van der Waals surface area contributed by atoms with Gasteiger partial charge in [-0.25, -0.2) is 17.6 Å². The maximum absolute atomic E-state index is 13.6. The average molecular weight is 360 g/mol. The van der Waals surface area contributed by atoms with Crippen LogP contribution >= 0.6 is 0 Å². The summed E-state index contributed by atoms with van der Waals surface area (Å²) >= 11 is 0. The Morgan fingerprint density at radius 2 is 1.71 bits per heavy atom. The fourth-order valence-electron chi connectivity index (χ4n) is 3.40. The normalized spacial score (nSPS) is 26.6. The Bertz CT molecular complexity index is 628. The second kappa shape index (κ2) is 5.34. The van der Waals surface area contributed by atoms with Crippen molar-refractivity contribution in [3.63, 3.8) is 0 Å². The highest BCUT2D eigenvalue weighted by Crippen LogP contribution is 2.48. The maximum Gasteiger partial charge on any atom is 0.435 e. The van der Waals surface area contributed by atoms with Gasteiger partial charge in [0.2, 0.25) is 5.92 Å². The summed E-state index contributed by atoms with van der Waals surface area (Å²) in [4.78, 5) is 0. The summed E-state index contributed by atoms with van der Waals surface area (Å²) in [5.41, 5.74) is -2.78. The third kappa shape index (κ3) is 3.00. The summed E-state index contributed by atoms with van der Waals surface area (Å²) in [5, 5.41) is 12.9. The summed E-state index contributed by atoms with van der Waals surface area (Å²) in [7, 11) is 0. The number of halogens is 7. The number of aliphatic hydroxyl groups is 1. The van der Waals surface area contributed by atoms with Gasteiger partial charge in [-0.1, -0.05) is 0 Å². The molecule has 3 nitrogen and oxygen atoms in total. The van der Waals surface area contributed by atoms with E-state index in [1.807, 2.05) is 0 Å². The topological polar surface area (TPSA) is 38.1 Å². The molecule has 1 saturated carbocycles. The molecule has 1 atom stereocenters. The lowest BCUT2D eigenvalue weighted by Gasteiger charge is -2.28. The highest BCUT2D eigenvalue weighted by Gasteiger charge is 2.54. The smallest absolute Gasteiger partial charge is 0.382 e. The van der Waals surface area contributed by atoms with Crippen molar-refractivity contribution in [1.82, 2.24) is 9.78 Å². The van der Waals surface area contributed by atoms with Gasteiger partial charge in [-0.3, -0.25) is 4.68 Å². The summed E-state index contributed by atoms with van der Waals surface area (Å²) in [6.07, 6.45) is -9.18. The molecule has 2 aliphatic carbocycles. The molecule has 1 unspecified atom stereocenters. The van der Waals surface area contributed by atoms with Crippen LogP contribution in [0.15, 0.2) is 0 Å². The molecule has 1 N–H and O–H groups in total. The molecular weight excluding hydrogens is 345 g/mol. The van der Waals surface area contributed by atoms with E-state index in [0.717, 1.165) is 4.68 Å². The maximum atomic E-state index is 13.6. The highest BCUT2D eigenvalue weighted by atomic mass is 19.4. The van der Waals surface area contributed by atoms with E-state index in [1.54, 1.807) is 0 Å². The van der Waals surface area contributed by atoms with E-state index in [0.29, 0.717) is 0 Å². The van der Waals surface area contributed by atoms with Crippen LogP contribution in [0.5, 0.6) is 0 Å². The quantitative estimate of drug-likeness (QED) is 0.811. The number of nitrogens with zero attached hydrogens (tertiary/aromatic N) is 2. The summed E-state index contributed by atoms with van der Waals surface area (Å²) in [6, 6.07) is 0. The first kappa shape index (κ1) is 17.5. The van der Waals surface area contributed by atoms with Crippen LogP contribution in [0.25, 0.3) is 0 Å². The summed E-state index contributed by atoms with van der Waals surface area (Å²) < 4.78 is 93.5. The van der Waals surface area contributed by atoms with Crippen molar-refractivity contribution in [1.29, 1.82) is 0 Å². The monoisotopic (exact) mass is 360 g/mol. The van der Waals surface area contributed by atoms with Crippen LogP contribution in [-0.4, -0.2) is 26.7 Å². The van der Waals surface area contributed by atoms with E-state index in [4.69, 9.17) is 0 Å².